The van der Waals surface area contributed by atoms with Gasteiger partial charge in [-0.2, -0.15) is 0 Å². The van der Waals surface area contributed by atoms with E-state index in [9.17, 15) is 19.3 Å². The average molecular weight is 382 g/mol. The number of carboxylic acids is 1. The zero-order chi connectivity index (χ0) is 14.8. The fraction of sp³-hybridized carbons (Fsp3) is 0.364. The summed E-state index contributed by atoms with van der Waals surface area (Å²) in [5.41, 5.74) is -1.43. The minimum absolute atomic E-state index is 0.0303. The zero-order valence-electron chi connectivity index (χ0n) is 10.2. The summed E-state index contributed by atoms with van der Waals surface area (Å²) in [7, 11) is 0. The number of nitrogens with one attached hydrogen (secondary N) is 1. The number of nitro benzene ring substituents is 1. The van der Waals surface area contributed by atoms with Crippen LogP contribution in [0.5, 0.6) is 0 Å². The summed E-state index contributed by atoms with van der Waals surface area (Å²) in [5, 5.41) is 22.4. The molecule has 1 aromatic rings. The number of hydrogen-bond donors (Lipinski definition) is 2. The van der Waals surface area contributed by atoms with E-state index < -0.39 is 22.1 Å². The number of carbonyl (C=O) groups is 1. The largest absolute Gasteiger partial charge is 0.481 e. The minimum Gasteiger partial charge on any atom is -0.481 e. The van der Waals surface area contributed by atoms with Crippen molar-refractivity contribution in [2.45, 2.75) is 13.8 Å². The molecule has 0 spiro atoms. The molecule has 2 N–H and O–H groups in total. The summed E-state index contributed by atoms with van der Waals surface area (Å²) in [5.74, 6) is -1.64. The number of halogens is 2. The van der Waals surface area contributed by atoms with Gasteiger partial charge in [0.1, 0.15) is 11.5 Å². The zero-order valence-corrected chi connectivity index (χ0v) is 12.4. The van der Waals surface area contributed by atoms with Gasteiger partial charge in [-0.25, -0.2) is 4.39 Å². The summed E-state index contributed by atoms with van der Waals surface area (Å²) in [6.07, 6.45) is 0. The van der Waals surface area contributed by atoms with Crippen molar-refractivity contribution in [1.82, 2.24) is 0 Å². The Morgan fingerprint density at radius 1 is 1.58 bits per heavy atom. The van der Waals surface area contributed by atoms with Gasteiger partial charge >= 0.3 is 5.97 Å². The monoisotopic (exact) mass is 382 g/mol. The van der Waals surface area contributed by atoms with Gasteiger partial charge in [0, 0.05) is 18.7 Å². The second-order valence-electron chi connectivity index (χ2n) is 4.58. The van der Waals surface area contributed by atoms with E-state index in [2.05, 4.69) is 5.32 Å². The third-order valence-electron chi connectivity index (χ3n) is 2.54. The van der Waals surface area contributed by atoms with Crippen molar-refractivity contribution in [1.29, 1.82) is 0 Å². The lowest BCUT2D eigenvalue weighted by atomic mass is 9.94. The number of aliphatic carboxylic acids is 1. The van der Waals surface area contributed by atoms with Gasteiger partial charge in [0.15, 0.2) is 0 Å². The molecular weight excluding hydrogens is 370 g/mol. The van der Waals surface area contributed by atoms with Gasteiger partial charge in [-0.05, 0) is 36.4 Å². The molecule has 0 unspecified atom stereocenters. The standard InChI is InChI=1S/C11H12FIN2O4/c1-11(2,10(16)17)5-14-8-3-6(12)7(13)4-9(8)15(18)19/h3-4,14H,5H2,1-2H3,(H,16,17). The molecule has 0 heterocycles. The van der Waals surface area contributed by atoms with Crippen molar-refractivity contribution in [3.05, 3.63) is 31.6 Å². The van der Waals surface area contributed by atoms with E-state index in [1.165, 1.54) is 13.8 Å². The summed E-state index contributed by atoms with van der Waals surface area (Å²) >= 11 is 1.65. The topological polar surface area (TPSA) is 92.5 Å². The molecular formula is C11H12FIN2O4. The van der Waals surface area contributed by atoms with Crippen molar-refractivity contribution in [2.24, 2.45) is 5.41 Å². The van der Waals surface area contributed by atoms with Crippen LogP contribution in [0.15, 0.2) is 12.1 Å². The maximum atomic E-state index is 13.4. The molecule has 1 rings (SSSR count). The van der Waals surface area contributed by atoms with E-state index in [0.717, 1.165) is 12.1 Å². The van der Waals surface area contributed by atoms with E-state index in [-0.39, 0.29) is 21.5 Å². The molecule has 6 nitrogen and oxygen atoms in total. The maximum Gasteiger partial charge on any atom is 0.310 e. The van der Waals surface area contributed by atoms with Crippen LogP contribution in [0.25, 0.3) is 0 Å². The predicted octanol–water partition coefficient (Wildman–Crippen LogP) is 2.86. The molecule has 0 radical (unpaired) electrons. The SMILES string of the molecule is CC(C)(CNc1cc(F)c(I)cc1[N+](=O)[O-])C(=O)O. The maximum absolute atomic E-state index is 13.4. The number of carboxylic acid groups (broad SMARTS) is 1. The van der Waals surface area contributed by atoms with Crippen LogP contribution in [-0.4, -0.2) is 22.5 Å². The number of benzene rings is 1. The molecule has 0 aliphatic rings. The van der Waals surface area contributed by atoms with Crippen molar-refractivity contribution in [3.8, 4) is 0 Å². The summed E-state index contributed by atoms with van der Waals surface area (Å²) in [6, 6.07) is 2.10. The molecule has 19 heavy (non-hydrogen) atoms. The molecule has 0 saturated heterocycles. The fourth-order valence-corrected chi connectivity index (χ4v) is 1.67. The van der Waals surface area contributed by atoms with Gasteiger partial charge in [-0.1, -0.05) is 0 Å². The van der Waals surface area contributed by atoms with Crippen LogP contribution >= 0.6 is 22.6 Å². The lowest BCUT2D eigenvalue weighted by Crippen LogP contribution is -2.32. The highest BCUT2D eigenvalue weighted by Crippen LogP contribution is 2.29. The van der Waals surface area contributed by atoms with Crippen LogP contribution in [0.3, 0.4) is 0 Å². The van der Waals surface area contributed by atoms with Crippen molar-refractivity contribution in [2.75, 3.05) is 11.9 Å². The Bertz CT molecular complexity index is 534. The number of rotatable bonds is 5. The van der Waals surface area contributed by atoms with Crippen LogP contribution in [-0.2, 0) is 4.79 Å². The van der Waals surface area contributed by atoms with Crippen LogP contribution < -0.4 is 5.32 Å². The number of nitrogens with zero attached hydrogens (tertiary/aromatic N) is 1. The van der Waals surface area contributed by atoms with Gasteiger partial charge in [-0.3, -0.25) is 14.9 Å². The Labute approximate surface area is 122 Å². The van der Waals surface area contributed by atoms with Crippen LogP contribution in [0.2, 0.25) is 0 Å². The molecule has 0 bridgehead atoms. The molecule has 1 aromatic carbocycles. The summed E-state index contributed by atoms with van der Waals surface area (Å²) in [6.45, 7) is 2.89. The second-order valence-corrected chi connectivity index (χ2v) is 5.75. The lowest BCUT2D eigenvalue weighted by Gasteiger charge is -2.20. The molecule has 0 aromatic heterocycles. The normalized spacial score (nSPS) is 11.2. The molecule has 0 saturated carbocycles. The first-order valence-corrected chi connectivity index (χ1v) is 6.34. The highest BCUT2D eigenvalue weighted by Gasteiger charge is 2.28. The summed E-state index contributed by atoms with van der Waals surface area (Å²) in [4.78, 5) is 21.2. The average Bonchev–Trinajstić information content (AvgIpc) is 2.29. The van der Waals surface area contributed by atoms with Crippen molar-refractivity contribution < 1.29 is 19.2 Å². The van der Waals surface area contributed by atoms with E-state index in [4.69, 9.17) is 5.11 Å². The first-order chi connectivity index (χ1) is 8.65. The minimum atomic E-state index is -1.12. The van der Waals surface area contributed by atoms with Gasteiger partial charge in [0.2, 0.25) is 0 Å². The van der Waals surface area contributed by atoms with Crippen LogP contribution in [0.4, 0.5) is 15.8 Å². The van der Waals surface area contributed by atoms with Gasteiger partial charge in [0.25, 0.3) is 5.69 Å². The molecule has 0 aliphatic heterocycles. The Balaban J connectivity index is 3.04. The van der Waals surface area contributed by atoms with E-state index in [0.29, 0.717) is 0 Å². The van der Waals surface area contributed by atoms with E-state index in [1.807, 2.05) is 0 Å². The third kappa shape index (κ3) is 3.75. The molecule has 8 heteroatoms. The molecule has 0 atom stereocenters. The van der Waals surface area contributed by atoms with Gasteiger partial charge < -0.3 is 10.4 Å². The number of hydrogen-bond acceptors (Lipinski definition) is 4. The molecule has 0 amide bonds. The first-order valence-electron chi connectivity index (χ1n) is 5.26. The fourth-order valence-electron chi connectivity index (χ4n) is 1.22. The summed E-state index contributed by atoms with van der Waals surface area (Å²) < 4.78 is 13.5. The highest BCUT2D eigenvalue weighted by molar-refractivity contribution is 14.1. The lowest BCUT2D eigenvalue weighted by molar-refractivity contribution is -0.384. The van der Waals surface area contributed by atoms with Crippen molar-refractivity contribution >= 4 is 39.9 Å². The number of anilines is 1. The van der Waals surface area contributed by atoms with Gasteiger partial charge in [0.05, 0.1) is 13.9 Å². The van der Waals surface area contributed by atoms with Crippen LogP contribution in [0.1, 0.15) is 13.8 Å². The number of nitro groups is 1. The Morgan fingerprint density at radius 2 is 2.16 bits per heavy atom. The van der Waals surface area contributed by atoms with E-state index in [1.54, 1.807) is 22.6 Å². The molecule has 0 fully saturated rings. The first kappa shape index (κ1) is 15.6. The smallest absolute Gasteiger partial charge is 0.310 e. The van der Waals surface area contributed by atoms with Crippen molar-refractivity contribution in [3.63, 3.8) is 0 Å². The third-order valence-corrected chi connectivity index (χ3v) is 3.36. The Kier molecular flexibility index (Phi) is 4.66. The highest BCUT2D eigenvalue weighted by atomic mass is 127. The molecule has 104 valence electrons. The van der Waals surface area contributed by atoms with Gasteiger partial charge in [-0.15, -0.1) is 0 Å². The van der Waals surface area contributed by atoms with Crippen LogP contribution in [0, 0.1) is 24.9 Å². The van der Waals surface area contributed by atoms with E-state index >= 15 is 0 Å². The Hall–Kier alpha value is -1.45. The quantitative estimate of drug-likeness (QED) is 0.464. The molecule has 0 aliphatic carbocycles. The predicted molar refractivity (Wildman–Crippen MR) is 75.7 cm³/mol. The Morgan fingerprint density at radius 3 is 2.63 bits per heavy atom. The second kappa shape index (κ2) is 5.68.